The molecule has 2 heterocycles. The van der Waals surface area contributed by atoms with Crippen LogP contribution in [-0.2, 0) is 0 Å². The van der Waals surface area contributed by atoms with Gasteiger partial charge in [-0.25, -0.2) is 4.98 Å². The molecule has 2 aromatic rings. The molecule has 5 nitrogen and oxygen atoms in total. The number of hydrogen-bond acceptors (Lipinski definition) is 5. The molecule has 112 valence electrons. The summed E-state index contributed by atoms with van der Waals surface area (Å²) in [5, 5.41) is 12.4. The molecule has 1 aliphatic heterocycles. The van der Waals surface area contributed by atoms with Crippen LogP contribution in [0.2, 0.25) is 0 Å². The van der Waals surface area contributed by atoms with Crippen LogP contribution in [0.4, 0.5) is 5.82 Å². The summed E-state index contributed by atoms with van der Waals surface area (Å²) in [6, 6.07) is 9.43. The van der Waals surface area contributed by atoms with E-state index in [1.165, 1.54) is 0 Å². The van der Waals surface area contributed by atoms with Crippen molar-refractivity contribution in [2.75, 3.05) is 18.5 Å². The summed E-state index contributed by atoms with van der Waals surface area (Å²) in [5.74, 6) is 2.04. The topological polar surface area (TPSA) is 67.2 Å². The van der Waals surface area contributed by atoms with Crippen molar-refractivity contribution in [3.63, 3.8) is 0 Å². The number of anilines is 1. The third-order valence-corrected chi connectivity index (χ3v) is 4.10. The number of pyridine rings is 1. The Kier molecular flexibility index (Phi) is 4.16. The summed E-state index contributed by atoms with van der Waals surface area (Å²) >= 11 is 3.56. The van der Waals surface area contributed by atoms with Gasteiger partial charge in [-0.2, -0.15) is 5.26 Å². The molecular weight excluding hydrogens is 346 g/mol. The van der Waals surface area contributed by atoms with Gasteiger partial charge < -0.3 is 14.8 Å². The fraction of sp³-hybridized carbons (Fsp3) is 0.250. The van der Waals surface area contributed by atoms with E-state index in [9.17, 15) is 0 Å². The molecule has 22 heavy (non-hydrogen) atoms. The molecule has 6 heteroatoms. The van der Waals surface area contributed by atoms with E-state index < -0.39 is 0 Å². The van der Waals surface area contributed by atoms with Gasteiger partial charge in [0.15, 0.2) is 11.5 Å². The second kappa shape index (κ2) is 6.24. The van der Waals surface area contributed by atoms with Crippen molar-refractivity contribution in [3.05, 3.63) is 46.1 Å². The van der Waals surface area contributed by atoms with E-state index >= 15 is 0 Å². The number of benzene rings is 1. The Balaban J connectivity index is 1.89. The van der Waals surface area contributed by atoms with Crippen LogP contribution >= 0.6 is 15.9 Å². The Morgan fingerprint density at radius 3 is 2.77 bits per heavy atom. The normalized spacial score (nSPS) is 14.0. The lowest BCUT2D eigenvalue weighted by Gasteiger charge is -2.22. The van der Waals surface area contributed by atoms with Crippen molar-refractivity contribution < 1.29 is 9.47 Å². The predicted octanol–water partition coefficient (Wildman–Crippen LogP) is 3.66. The summed E-state index contributed by atoms with van der Waals surface area (Å²) < 4.78 is 12.1. The van der Waals surface area contributed by atoms with Gasteiger partial charge in [0.1, 0.15) is 25.1 Å². The smallest absolute Gasteiger partial charge is 0.162 e. The van der Waals surface area contributed by atoms with E-state index in [2.05, 4.69) is 32.3 Å². The molecule has 0 saturated carbocycles. The van der Waals surface area contributed by atoms with Gasteiger partial charge in [-0.15, -0.1) is 0 Å². The van der Waals surface area contributed by atoms with E-state index in [4.69, 9.17) is 14.7 Å². The van der Waals surface area contributed by atoms with Crippen molar-refractivity contribution in [2.24, 2.45) is 0 Å². The molecular formula is C16H14BrN3O2. The van der Waals surface area contributed by atoms with Crippen LogP contribution in [0.1, 0.15) is 24.1 Å². The first-order valence-electron chi connectivity index (χ1n) is 6.89. The van der Waals surface area contributed by atoms with Crippen LogP contribution in [0.25, 0.3) is 0 Å². The van der Waals surface area contributed by atoms with Gasteiger partial charge in [-0.1, -0.05) is 15.9 Å². The number of aromatic nitrogens is 1. The van der Waals surface area contributed by atoms with E-state index in [0.29, 0.717) is 24.6 Å². The van der Waals surface area contributed by atoms with Crippen LogP contribution in [0.3, 0.4) is 0 Å². The van der Waals surface area contributed by atoms with Crippen LogP contribution in [0.15, 0.2) is 34.9 Å². The molecule has 1 aliphatic rings. The first-order valence-corrected chi connectivity index (χ1v) is 7.69. The summed E-state index contributed by atoms with van der Waals surface area (Å²) in [6.07, 6.45) is 1.66. The summed E-state index contributed by atoms with van der Waals surface area (Å²) in [6.45, 7) is 3.12. The zero-order chi connectivity index (χ0) is 15.5. The largest absolute Gasteiger partial charge is 0.486 e. The molecule has 1 aromatic heterocycles. The standard InChI is InChI=1S/C16H14BrN3O2/c1-10(20-16-11(9-18)3-2-4-19-16)12-7-14-15(8-13(12)17)22-6-5-21-14/h2-4,7-8,10H,5-6H2,1H3,(H,19,20). The number of hydrogen-bond donors (Lipinski definition) is 1. The number of nitrogens with one attached hydrogen (secondary N) is 1. The van der Waals surface area contributed by atoms with Crippen LogP contribution in [0, 0.1) is 11.3 Å². The van der Waals surface area contributed by atoms with Crippen LogP contribution in [0.5, 0.6) is 11.5 Å². The number of nitriles is 1. The third kappa shape index (κ3) is 2.85. The minimum atomic E-state index is -0.0489. The molecule has 1 atom stereocenters. The molecule has 1 N–H and O–H groups in total. The van der Waals surface area contributed by atoms with E-state index in [1.807, 2.05) is 19.1 Å². The number of rotatable bonds is 3. The maximum atomic E-state index is 9.14. The van der Waals surface area contributed by atoms with Crippen molar-refractivity contribution in [3.8, 4) is 17.6 Å². The highest BCUT2D eigenvalue weighted by atomic mass is 79.9. The van der Waals surface area contributed by atoms with Gasteiger partial charge in [0.25, 0.3) is 0 Å². The monoisotopic (exact) mass is 359 g/mol. The molecule has 0 bridgehead atoms. The highest BCUT2D eigenvalue weighted by Gasteiger charge is 2.18. The quantitative estimate of drug-likeness (QED) is 0.905. The van der Waals surface area contributed by atoms with Gasteiger partial charge in [0, 0.05) is 10.7 Å². The molecule has 0 saturated heterocycles. The third-order valence-electron chi connectivity index (χ3n) is 3.41. The average Bonchev–Trinajstić information content (AvgIpc) is 2.54. The average molecular weight is 360 g/mol. The lowest BCUT2D eigenvalue weighted by atomic mass is 10.1. The summed E-state index contributed by atoms with van der Waals surface area (Å²) in [7, 11) is 0. The molecule has 0 radical (unpaired) electrons. The molecule has 3 rings (SSSR count). The maximum absolute atomic E-state index is 9.14. The van der Waals surface area contributed by atoms with Crippen molar-refractivity contribution in [1.82, 2.24) is 4.98 Å². The highest BCUT2D eigenvalue weighted by molar-refractivity contribution is 9.10. The minimum Gasteiger partial charge on any atom is -0.486 e. The zero-order valence-corrected chi connectivity index (χ0v) is 13.6. The molecule has 0 aliphatic carbocycles. The Labute approximate surface area is 137 Å². The molecule has 0 amide bonds. The molecule has 0 spiro atoms. The summed E-state index contributed by atoms with van der Waals surface area (Å²) in [4.78, 5) is 4.23. The minimum absolute atomic E-state index is 0.0489. The van der Waals surface area contributed by atoms with Gasteiger partial charge in [0.05, 0.1) is 11.6 Å². The fourth-order valence-electron chi connectivity index (χ4n) is 2.30. The first kappa shape index (κ1) is 14.7. The SMILES string of the molecule is CC(Nc1ncccc1C#N)c1cc2c(cc1Br)OCCO2. The Bertz CT molecular complexity index is 743. The highest BCUT2D eigenvalue weighted by Crippen LogP contribution is 2.38. The van der Waals surface area contributed by atoms with Crippen molar-refractivity contribution >= 4 is 21.7 Å². The Hall–Kier alpha value is -2.26. The molecule has 0 fully saturated rings. The fourth-order valence-corrected chi connectivity index (χ4v) is 2.97. The van der Waals surface area contributed by atoms with Gasteiger partial charge >= 0.3 is 0 Å². The maximum Gasteiger partial charge on any atom is 0.162 e. The zero-order valence-electron chi connectivity index (χ0n) is 12.0. The second-order valence-corrected chi connectivity index (χ2v) is 5.75. The second-order valence-electron chi connectivity index (χ2n) is 4.89. The van der Waals surface area contributed by atoms with E-state index in [1.54, 1.807) is 18.3 Å². The first-order chi connectivity index (χ1) is 10.7. The lowest BCUT2D eigenvalue weighted by molar-refractivity contribution is 0.171. The summed E-state index contributed by atoms with van der Waals surface area (Å²) in [5.41, 5.74) is 1.53. The lowest BCUT2D eigenvalue weighted by Crippen LogP contribution is -2.16. The van der Waals surface area contributed by atoms with Gasteiger partial charge in [0.2, 0.25) is 0 Å². The predicted molar refractivity (Wildman–Crippen MR) is 86.1 cm³/mol. The van der Waals surface area contributed by atoms with E-state index in [0.717, 1.165) is 21.5 Å². The van der Waals surface area contributed by atoms with Crippen molar-refractivity contribution in [1.29, 1.82) is 5.26 Å². The number of ether oxygens (including phenoxy) is 2. The number of nitrogens with zero attached hydrogens (tertiary/aromatic N) is 2. The van der Waals surface area contributed by atoms with Crippen LogP contribution < -0.4 is 14.8 Å². The number of fused-ring (bicyclic) bond motifs is 1. The van der Waals surface area contributed by atoms with Crippen LogP contribution in [-0.4, -0.2) is 18.2 Å². The van der Waals surface area contributed by atoms with Crippen molar-refractivity contribution in [2.45, 2.75) is 13.0 Å². The van der Waals surface area contributed by atoms with E-state index in [-0.39, 0.29) is 6.04 Å². The van der Waals surface area contributed by atoms with Gasteiger partial charge in [-0.05, 0) is 36.8 Å². The molecule has 1 unspecified atom stereocenters. The Morgan fingerprint density at radius 1 is 1.32 bits per heavy atom. The van der Waals surface area contributed by atoms with Gasteiger partial charge in [-0.3, -0.25) is 0 Å². The Morgan fingerprint density at radius 2 is 2.05 bits per heavy atom. The number of halogens is 1. The molecule has 1 aromatic carbocycles.